The summed E-state index contributed by atoms with van der Waals surface area (Å²) in [6.45, 7) is 5.53. The fourth-order valence-corrected chi connectivity index (χ4v) is 6.38. The molecule has 0 bridgehead atoms. The van der Waals surface area contributed by atoms with Gasteiger partial charge >= 0.3 is 11.9 Å². The Bertz CT molecular complexity index is 2140. The zero-order valence-electron chi connectivity index (χ0n) is 25.6. The normalized spacial score (nSPS) is 14.4. The highest BCUT2D eigenvalue weighted by atomic mass is 32.1. The maximum atomic E-state index is 14.2. The molecule has 11 heteroatoms. The van der Waals surface area contributed by atoms with Crippen molar-refractivity contribution < 1.29 is 23.8 Å². The highest BCUT2D eigenvalue weighted by Crippen LogP contribution is 2.32. The Labute approximate surface area is 268 Å². The van der Waals surface area contributed by atoms with Crippen LogP contribution in [0.3, 0.4) is 0 Å². The van der Waals surface area contributed by atoms with Crippen LogP contribution < -0.4 is 24.4 Å². The first-order chi connectivity index (χ1) is 22.3. The van der Waals surface area contributed by atoms with Gasteiger partial charge in [0.1, 0.15) is 17.2 Å². The number of hydrogen-bond acceptors (Lipinski definition) is 9. The monoisotopic (exact) mass is 634 g/mol. The molecule has 0 aliphatic carbocycles. The van der Waals surface area contributed by atoms with Gasteiger partial charge in [0.05, 0.1) is 41.2 Å². The van der Waals surface area contributed by atoms with E-state index in [4.69, 9.17) is 19.3 Å². The number of nitrogens with zero attached hydrogens (tertiary/aromatic N) is 4. The van der Waals surface area contributed by atoms with E-state index in [2.05, 4.69) is 4.99 Å². The van der Waals surface area contributed by atoms with Gasteiger partial charge in [-0.1, -0.05) is 41.7 Å². The first kappa shape index (κ1) is 30.5. The van der Waals surface area contributed by atoms with Crippen molar-refractivity contribution in [3.63, 3.8) is 0 Å². The third kappa shape index (κ3) is 5.92. The van der Waals surface area contributed by atoms with Crippen LogP contribution in [0.1, 0.15) is 37.9 Å². The van der Waals surface area contributed by atoms with E-state index in [1.165, 1.54) is 29.9 Å². The summed E-state index contributed by atoms with van der Waals surface area (Å²) in [5, 5.41) is 4.90. The number of allylic oxidation sites excluding steroid dienone is 1. The van der Waals surface area contributed by atoms with E-state index in [9.17, 15) is 14.4 Å². The first-order valence-corrected chi connectivity index (χ1v) is 15.4. The molecule has 0 spiro atoms. The highest BCUT2D eigenvalue weighted by Gasteiger charge is 2.33. The van der Waals surface area contributed by atoms with Crippen LogP contribution in [0.5, 0.6) is 11.5 Å². The second-order valence-electron chi connectivity index (χ2n) is 10.4. The zero-order chi connectivity index (χ0) is 32.4. The fraction of sp³-hybridized carbons (Fsp3) is 0.171. The van der Waals surface area contributed by atoms with Gasteiger partial charge in [-0.25, -0.2) is 14.5 Å². The van der Waals surface area contributed by atoms with Crippen molar-refractivity contribution >= 4 is 29.4 Å². The Hall–Kier alpha value is -5.55. The molecule has 5 aromatic rings. The lowest BCUT2D eigenvalue weighted by atomic mass is 9.96. The third-order valence-corrected chi connectivity index (χ3v) is 8.36. The maximum absolute atomic E-state index is 14.2. The Balaban J connectivity index is 1.52. The lowest BCUT2D eigenvalue weighted by molar-refractivity contribution is -0.136. The molecule has 232 valence electrons. The molecule has 1 aliphatic rings. The van der Waals surface area contributed by atoms with E-state index in [-0.39, 0.29) is 11.1 Å². The number of rotatable bonds is 8. The predicted octanol–water partition coefficient (Wildman–Crippen LogP) is 4.58. The van der Waals surface area contributed by atoms with Gasteiger partial charge in [0.15, 0.2) is 4.80 Å². The van der Waals surface area contributed by atoms with Crippen LogP contribution in [0.4, 0.5) is 0 Å². The molecule has 2 aromatic heterocycles. The van der Waals surface area contributed by atoms with Gasteiger partial charge in [-0.05, 0) is 74.0 Å². The second-order valence-corrected chi connectivity index (χ2v) is 11.4. The van der Waals surface area contributed by atoms with Crippen molar-refractivity contribution in [1.82, 2.24) is 14.3 Å². The molecule has 3 aromatic carbocycles. The van der Waals surface area contributed by atoms with E-state index in [0.717, 1.165) is 22.6 Å². The lowest BCUT2D eigenvalue weighted by Crippen LogP contribution is -2.39. The van der Waals surface area contributed by atoms with Crippen LogP contribution in [0.25, 0.3) is 23.0 Å². The molecule has 0 radical (unpaired) electrons. The number of carbonyl (C=O) groups excluding carboxylic acids is 2. The van der Waals surface area contributed by atoms with Gasteiger partial charge in [-0.2, -0.15) is 5.10 Å². The van der Waals surface area contributed by atoms with Crippen molar-refractivity contribution in [2.24, 2.45) is 4.99 Å². The SMILES string of the molecule is CCOc1ccc(-c2nn(-c3ccccc3)cc2/C=c2/sc3n(c2=O)[C@@H](c2ccc(OC(C)=O)cc2)C(C(=O)OC)=C(C)N=3)cc1. The summed E-state index contributed by atoms with van der Waals surface area (Å²) in [4.78, 5) is 43.8. The maximum Gasteiger partial charge on any atom is 0.338 e. The Kier molecular flexibility index (Phi) is 8.49. The standard InChI is InChI=1S/C35H30N4O6S/c1-5-44-27-15-11-23(12-16-27)31-25(20-38(37-31)26-9-7-6-8-10-26)19-29-33(41)39-32(24-13-17-28(18-14-24)45-22(3)40)30(34(42)43-4)21(2)36-35(39)46-29/h6-20,32H,5H2,1-4H3/b29-19+/t32-/m0/s1. The summed E-state index contributed by atoms with van der Waals surface area (Å²) in [5.74, 6) is 0.0564. The van der Waals surface area contributed by atoms with E-state index in [1.807, 2.05) is 67.7 Å². The van der Waals surface area contributed by atoms with E-state index < -0.39 is 18.0 Å². The van der Waals surface area contributed by atoms with Crippen LogP contribution >= 0.6 is 11.3 Å². The number of aromatic nitrogens is 3. The topological polar surface area (TPSA) is 114 Å². The summed E-state index contributed by atoms with van der Waals surface area (Å²) in [6.07, 6.45) is 3.69. The summed E-state index contributed by atoms with van der Waals surface area (Å²) in [5.41, 5.74) is 4.13. The first-order valence-electron chi connectivity index (χ1n) is 14.5. The molecule has 6 rings (SSSR count). The van der Waals surface area contributed by atoms with Crippen molar-refractivity contribution in [3.8, 4) is 28.4 Å². The van der Waals surface area contributed by atoms with Crippen LogP contribution in [0, 0.1) is 0 Å². The van der Waals surface area contributed by atoms with Gasteiger partial charge in [0.2, 0.25) is 0 Å². The van der Waals surface area contributed by atoms with E-state index in [1.54, 1.807) is 41.9 Å². The molecule has 0 fully saturated rings. The minimum atomic E-state index is -0.810. The lowest BCUT2D eigenvalue weighted by Gasteiger charge is -2.24. The largest absolute Gasteiger partial charge is 0.494 e. The summed E-state index contributed by atoms with van der Waals surface area (Å²) in [7, 11) is 1.29. The number of fused-ring (bicyclic) bond motifs is 1. The van der Waals surface area contributed by atoms with Crippen LogP contribution in [-0.4, -0.2) is 40.0 Å². The van der Waals surface area contributed by atoms with Gasteiger partial charge in [0, 0.05) is 24.2 Å². The number of para-hydroxylation sites is 1. The molecule has 0 amide bonds. The molecule has 3 heterocycles. The molecule has 0 unspecified atom stereocenters. The van der Waals surface area contributed by atoms with Crippen molar-refractivity contribution in [1.29, 1.82) is 0 Å². The molecule has 0 N–H and O–H groups in total. The summed E-state index contributed by atoms with van der Waals surface area (Å²) < 4.78 is 19.6. The Morgan fingerprint density at radius 1 is 0.978 bits per heavy atom. The highest BCUT2D eigenvalue weighted by molar-refractivity contribution is 7.07. The number of methoxy groups -OCH3 is 1. The molecule has 1 aliphatic heterocycles. The number of ether oxygens (including phenoxy) is 3. The van der Waals surface area contributed by atoms with E-state index >= 15 is 0 Å². The summed E-state index contributed by atoms with van der Waals surface area (Å²) in [6, 6.07) is 23.2. The average Bonchev–Trinajstić information content (AvgIpc) is 3.61. The van der Waals surface area contributed by atoms with Crippen molar-refractivity contribution in [2.75, 3.05) is 13.7 Å². The number of esters is 2. The molecular weight excluding hydrogens is 604 g/mol. The molecule has 1 atom stereocenters. The van der Waals surface area contributed by atoms with Crippen molar-refractivity contribution in [3.05, 3.63) is 127 Å². The smallest absolute Gasteiger partial charge is 0.338 e. The summed E-state index contributed by atoms with van der Waals surface area (Å²) >= 11 is 1.23. The number of hydrogen-bond donors (Lipinski definition) is 0. The van der Waals surface area contributed by atoms with Gasteiger partial charge < -0.3 is 14.2 Å². The quantitative estimate of drug-likeness (QED) is 0.181. The average molecular weight is 635 g/mol. The number of benzene rings is 3. The molecular formula is C35H30N4O6S. The minimum absolute atomic E-state index is 0.244. The fourth-order valence-electron chi connectivity index (χ4n) is 5.34. The number of carbonyl (C=O) groups is 2. The molecule has 46 heavy (non-hydrogen) atoms. The van der Waals surface area contributed by atoms with Gasteiger partial charge in [-0.15, -0.1) is 0 Å². The molecule has 0 saturated heterocycles. The molecule has 10 nitrogen and oxygen atoms in total. The number of thiazole rings is 1. The van der Waals surface area contributed by atoms with E-state index in [0.29, 0.717) is 38.6 Å². The van der Waals surface area contributed by atoms with Gasteiger partial charge in [0.25, 0.3) is 5.56 Å². The van der Waals surface area contributed by atoms with Gasteiger partial charge in [-0.3, -0.25) is 14.2 Å². The van der Waals surface area contributed by atoms with Crippen LogP contribution in [0.15, 0.2) is 106 Å². The predicted molar refractivity (Wildman–Crippen MR) is 174 cm³/mol. The minimum Gasteiger partial charge on any atom is -0.494 e. The Morgan fingerprint density at radius 2 is 1.67 bits per heavy atom. The van der Waals surface area contributed by atoms with Crippen molar-refractivity contribution in [2.45, 2.75) is 26.8 Å². The molecule has 0 saturated carbocycles. The second kappa shape index (κ2) is 12.8. The van der Waals surface area contributed by atoms with Crippen LogP contribution in [-0.2, 0) is 14.3 Å². The third-order valence-electron chi connectivity index (χ3n) is 7.37. The zero-order valence-corrected chi connectivity index (χ0v) is 26.4. The van der Waals surface area contributed by atoms with Crippen LogP contribution in [0.2, 0.25) is 0 Å². The Morgan fingerprint density at radius 3 is 2.33 bits per heavy atom.